The quantitative estimate of drug-likeness (QED) is 0.670. The van der Waals surface area contributed by atoms with Crippen LogP contribution < -0.4 is 0 Å². The molecule has 1 aliphatic carbocycles. The highest BCUT2D eigenvalue weighted by Gasteiger charge is 2.75. The lowest BCUT2D eigenvalue weighted by molar-refractivity contribution is -0.363. The van der Waals surface area contributed by atoms with Crippen LogP contribution in [0.25, 0.3) is 0 Å². The average molecular weight is 424 g/mol. The molecule has 0 aromatic rings. The van der Waals surface area contributed by atoms with Crippen molar-refractivity contribution in [1.82, 2.24) is 0 Å². The minimum Gasteiger partial charge on any atom is -0.498 e. The second-order valence-electron chi connectivity index (χ2n) is 9.93. The van der Waals surface area contributed by atoms with Crippen LogP contribution in [-0.4, -0.2) is 62.6 Å². The van der Waals surface area contributed by atoms with Crippen LogP contribution in [0.1, 0.15) is 53.4 Å². The molecule has 0 N–H and O–H groups in total. The van der Waals surface area contributed by atoms with E-state index < -0.39 is 23.0 Å². The van der Waals surface area contributed by atoms with Crippen molar-refractivity contribution in [2.24, 2.45) is 5.41 Å². The summed E-state index contributed by atoms with van der Waals surface area (Å²) in [7, 11) is 3.35. The first kappa shape index (κ1) is 21.0. The fourth-order valence-electron chi connectivity index (χ4n) is 5.68. The van der Waals surface area contributed by atoms with Crippen molar-refractivity contribution in [3.05, 3.63) is 18.1 Å². The largest absolute Gasteiger partial charge is 0.498 e. The molecule has 4 fully saturated rings. The lowest BCUT2D eigenvalue weighted by Crippen LogP contribution is -2.70. The van der Waals surface area contributed by atoms with E-state index in [0.717, 1.165) is 24.4 Å². The van der Waals surface area contributed by atoms with Crippen LogP contribution in [0.3, 0.4) is 0 Å². The van der Waals surface area contributed by atoms with E-state index in [9.17, 15) is 0 Å². The molecule has 0 bridgehead atoms. The summed E-state index contributed by atoms with van der Waals surface area (Å²) in [5, 5.41) is 0. The summed E-state index contributed by atoms with van der Waals surface area (Å²) in [4.78, 5) is 0. The maximum atomic E-state index is 6.47. The average Bonchev–Trinajstić information content (AvgIpc) is 3.32. The molecule has 0 aromatic carbocycles. The summed E-state index contributed by atoms with van der Waals surface area (Å²) < 4.78 is 48.9. The Morgan fingerprint density at radius 2 is 1.73 bits per heavy atom. The summed E-state index contributed by atoms with van der Waals surface area (Å²) in [6.45, 7) is 11.5. The molecule has 2 radical (unpaired) electrons. The van der Waals surface area contributed by atoms with Crippen molar-refractivity contribution in [3.8, 4) is 0 Å². The van der Waals surface area contributed by atoms with Crippen LogP contribution in [0.15, 0.2) is 11.5 Å². The SMILES string of the molecule is COC1=C(OC)CC2([C]O[C@@]3(C2)[C@H]2OC(C)(C)O[C@H]2CO[C@@]32COC(C)(C)O2)CC1. The third-order valence-electron chi connectivity index (χ3n) is 6.97. The molecule has 4 heterocycles. The number of ether oxygens (including phenoxy) is 8. The Kier molecular flexibility index (Phi) is 4.58. The summed E-state index contributed by atoms with van der Waals surface area (Å²) in [6.07, 6.45) is 2.18. The van der Waals surface area contributed by atoms with Gasteiger partial charge in [-0.05, 0) is 40.5 Å². The number of hydrogen-bond donors (Lipinski definition) is 0. The highest BCUT2D eigenvalue weighted by atomic mass is 16.9. The van der Waals surface area contributed by atoms with Crippen molar-refractivity contribution in [2.45, 2.75) is 88.5 Å². The molecule has 4 aliphatic heterocycles. The van der Waals surface area contributed by atoms with Crippen LogP contribution in [0.2, 0.25) is 0 Å². The summed E-state index contributed by atoms with van der Waals surface area (Å²) >= 11 is 0. The number of rotatable bonds is 2. The molecular formula is C22H32O8. The van der Waals surface area contributed by atoms with E-state index in [2.05, 4.69) is 6.61 Å². The molecule has 5 atom stereocenters. The van der Waals surface area contributed by atoms with Crippen molar-refractivity contribution < 1.29 is 37.9 Å². The molecule has 0 amide bonds. The Morgan fingerprint density at radius 1 is 0.967 bits per heavy atom. The number of hydrogen-bond acceptors (Lipinski definition) is 8. The van der Waals surface area contributed by atoms with E-state index in [1.54, 1.807) is 14.2 Å². The van der Waals surface area contributed by atoms with Crippen molar-refractivity contribution in [3.63, 3.8) is 0 Å². The van der Waals surface area contributed by atoms with E-state index in [1.165, 1.54) is 0 Å². The molecule has 8 heteroatoms. The van der Waals surface area contributed by atoms with Crippen LogP contribution >= 0.6 is 0 Å². The molecule has 4 saturated heterocycles. The van der Waals surface area contributed by atoms with Gasteiger partial charge in [0.25, 0.3) is 0 Å². The topological polar surface area (TPSA) is 73.8 Å². The van der Waals surface area contributed by atoms with Crippen molar-refractivity contribution in [1.29, 1.82) is 0 Å². The Morgan fingerprint density at radius 3 is 2.40 bits per heavy atom. The summed E-state index contributed by atoms with van der Waals surface area (Å²) in [5.74, 6) is -0.926. The van der Waals surface area contributed by atoms with Crippen LogP contribution in [0.4, 0.5) is 0 Å². The lowest BCUT2D eigenvalue weighted by atomic mass is 9.67. The van der Waals surface area contributed by atoms with Gasteiger partial charge in [0.15, 0.2) is 17.2 Å². The molecule has 8 nitrogen and oxygen atoms in total. The second-order valence-corrected chi connectivity index (χ2v) is 9.93. The Labute approximate surface area is 178 Å². The minimum absolute atomic E-state index is 0.251. The molecule has 0 aromatic heterocycles. The molecule has 3 spiro atoms. The number of allylic oxidation sites excluding steroid dienone is 2. The first-order valence-corrected chi connectivity index (χ1v) is 10.7. The van der Waals surface area contributed by atoms with Gasteiger partial charge in [0.2, 0.25) is 5.79 Å². The lowest BCUT2D eigenvalue weighted by Gasteiger charge is -2.51. The first-order valence-electron chi connectivity index (χ1n) is 10.7. The maximum Gasteiger partial charge on any atom is 0.227 e. The van der Waals surface area contributed by atoms with Gasteiger partial charge in [-0.3, -0.25) is 0 Å². The highest BCUT2D eigenvalue weighted by molar-refractivity contribution is 5.23. The van der Waals surface area contributed by atoms with E-state index in [0.29, 0.717) is 19.4 Å². The Hall–Kier alpha value is -0.900. The van der Waals surface area contributed by atoms with Gasteiger partial charge in [-0.2, -0.15) is 0 Å². The smallest absolute Gasteiger partial charge is 0.227 e. The van der Waals surface area contributed by atoms with E-state index in [4.69, 9.17) is 37.9 Å². The molecule has 30 heavy (non-hydrogen) atoms. The first-order chi connectivity index (χ1) is 14.1. The van der Waals surface area contributed by atoms with Crippen LogP contribution in [-0.2, 0) is 37.9 Å². The molecule has 1 unspecified atom stereocenters. The highest BCUT2D eigenvalue weighted by Crippen LogP contribution is 2.62. The Bertz CT molecular complexity index is 745. The fourth-order valence-corrected chi connectivity index (χ4v) is 5.68. The van der Waals surface area contributed by atoms with Gasteiger partial charge in [0.1, 0.15) is 36.9 Å². The van der Waals surface area contributed by atoms with Gasteiger partial charge in [-0.25, -0.2) is 0 Å². The normalized spacial score (nSPS) is 46.7. The molecule has 0 saturated carbocycles. The third-order valence-corrected chi connectivity index (χ3v) is 6.97. The van der Waals surface area contributed by atoms with Gasteiger partial charge in [-0.15, -0.1) is 0 Å². The summed E-state index contributed by atoms with van der Waals surface area (Å²) in [6, 6.07) is 0. The van der Waals surface area contributed by atoms with E-state index >= 15 is 0 Å². The zero-order chi connectivity index (χ0) is 21.4. The summed E-state index contributed by atoms with van der Waals surface area (Å²) in [5.41, 5.74) is -1.31. The molecule has 5 rings (SSSR count). The Balaban J connectivity index is 1.53. The maximum absolute atomic E-state index is 6.47. The van der Waals surface area contributed by atoms with Crippen molar-refractivity contribution in [2.75, 3.05) is 27.4 Å². The van der Waals surface area contributed by atoms with Gasteiger partial charge in [0.05, 0.1) is 20.8 Å². The van der Waals surface area contributed by atoms with Gasteiger partial charge in [0, 0.05) is 18.3 Å². The van der Waals surface area contributed by atoms with Crippen LogP contribution in [0, 0.1) is 12.0 Å². The second kappa shape index (κ2) is 6.56. The zero-order valence-electron chi connectivity index (χ0n) is 18.7. The van der Waals surface area contributed by atoms with E-state index in [1.807, 2.05) is 27.7 Å². The van der Waals surface area contributed by atoms with Crippen LogP contribution in [0.5, 0.6) is 0 Å². The predicted octanol–water partition coefficient (Wildman–Crippen LogP) is 2.89. The number of methoxy groups -OCH3 is 2. The molecule has 168 valence electrons. The van der Waals surface area contributed by atoms with Gasteiger partial charge in [-0.1, -0.05) is 0 Å². The molecule has 5 aliphatic rings. The number of fused-ring (bicyclic) bond motifs is 3. The third kappa shape index (κ3) is 2.95. The fraction of sp³-hybridized carbons (Fsp3) is 0.864. The standard InChI is InChI=1S/C22H32O8/c1-18(2)26-13-22(30-18)21(17-16(10-25-22)28-19(3,4)29-17)11-20(12-27-21)8-7-14(23-5)15(9-20)24-6/h16-17H,7-11,13H2,1-6H3/t16-,17-,20?,21-,22+/m0/s1. The van der Waals surface area contributed by atoms with Gasteiger partial charge >= 0.3 is 0 Å². The zero-order valence-corrected chi connectivity index (χ0v) is 18.7. The van der Waals surface area contributed by atoms with Crippen molar-refractivity contribution >= 4 is 0 Å². The monoisotopic (exact) mass is 424 g/mol. The molecular weight excluding hydrogens is 392 g/mol. The minimum atomic E-state index is -1.10. The predicted molar refractivity (Wildman–Crippen MR) is 103 cm³/mol. The van der Waals surface area contributed by atoms with Gasteiger partial charge < -0.3 is 37.9 Å². The van der Waals surface area contributed by atoms with E-state index in [-0.39, 0.29) is 24.2 Å².